The van der Waals surface area contributed by atoms with Gasteiger partial charge in [0.25, 0.3) is 0 Å². The standard InChI is InChI=1S/C12H10BrClN2/c13-11-8-15-5-4-12(11)16-7-9-2-1-3-10(14)6-9/h1-6,8H,7H2,(H,15,16). The smallest absolute Gasteiger partial charge is 0.0590 e. The summed E-state index contributed by atoms with van der Waals surface area (Å²) in [6.45, 7) is 0.739. The predicted molar refractivity (Wildman–Crippen MR) is 70.7 cm³/mol. The number of hydrogen-bond acceptors (Lipinski definition) is 2. The summed E-state index contributed by atoms with van der Waals surface area (Å²) in [5.74, 6) is 0. The third-order valence-electron chi connectivity index (χ3n) is 2.14. The van der Waals surface area contributed by atoms with Crippen molar-refractivity contribution in [1.82, 2.24) is 4.98 Å². The number of aromatic nitrogens is 1. The van der Waals surface area contributed by atoms with Gasteiger partial charge in [-0.2, -0.15) is 0 Å². The molecule has 16 heavy (non-hydrogen) atoms. The second-order valence-corrected chi connectivity index (χ2v) is 4.63. The van der Waals surface area contributed by atoms with Crippen molar-refractivity contribution in [2.45, 2.75) is 6.54 Å². The van der Waals surface area contributed by atoms with Crippen LogP contribution in [0.5, 0.6) is 0 Å². The highest BCUT2D eigenvalue weighted by molar-refractivity contribution is 9.10. The molecule has 0 amide bonds. The molecule has 2 nitrogen and oxygen atoms in total. The first-order chi connectivity index (χ1) is 7.75. The molecular formula is C12H10BrClN2. The van der Waals surface area contributed by atoms with E-state index in [1.54, 1.807) is 12.4 Å². The van der Waals surface area contributed by atoms with Crippen LogP contribution in [0.3, 0.4) is 0 Å². The number of anilines is 1. The first kappa shape index (κ1) is 11.4. The maximum absolute atomic E-state index is 5.91. The molecule has 0 unspecified atom stereocenters. The fourth-order valence-corrected chi connectivity index (χ4v) is 1.97. The Hall–Kier alpha value is -1.06. The third kappa shape index (κ3) is 2.97. The number of nitrogens with zero attached hydrogens (tertiary/aromatic N) is 1. The van der Waals surface area contributed by atoms with Gasteiger partial charge in [-0.3, -0.25) is 4.98 Å². The Morgan fingerprint density at radius 3 is 2.94 bits per heavy atom. The number of benzene rings is 1. The van der Waals surface area contributed by atoms with Crippen molar-refractivity contribution >= 4 is 33.2 Å². The van der Waals surface area contributed by atoms with Crippen LogP contribution in [-0.4, -0.2) is 4.98 Å². The highest BCUT2D eigenvalue weighted by Gasteiger charge is 1.98. The van der Waals surface area contributed by atoms with Crippen LogP contribution >= 0.6 is 27.5 Å². The second kappa shape index (κ2) is 5.32. The van der Waals surface area contributed by atoms with Crippen LogP contribution in [0.15, 0.2) is 47.2 Å². The number of nitrogens with one attached hydrogen (secondary N) is 1. The van der Waals surface area contributed by atoms with E-state index < -0.39 is 0 Å². The summed E-state index contributed by atoms with van der Waals surface area (Å²) >= 11 is 9.34. The molecule has 0 bridgehead atoms. The van der Waals surface area contributed by atoms with E-state index in [0.29, 0.717) is 0 Å². The minimum Gasteiger partial charge on any atom is -0.380 e. The molecule has 82 valence electrons. The predicted octanol–water partition coefficient (Wildman–Crippen LogP) is 4.11. The molecule has 0 aliphatic heterocycles. The quantitative estimate of drug-likeness (QED) is 0.922. The Kier molecular flexibility index (Phi) is 3.80. The van der Waals surface area contributed by atoms with Crippen molar-refractivity contribution < 1.29 is 0 Å². The highest BCUT2D eigenvalue weighted by atomic mass is 79.9. The maximum Gasteiger partial charge on any atom is 0.0590 e. The maximum atomic E-state index is 5.91. The monoisotopic (exact) mass is 296 g/mol. The van der Waals surface area contributed by atoms with Crippen LogP contribution in [-0.2, 0) is 6.54 Å². The Morgan fingerprint density at radius 2 is 2.19 bits per heavy atom. The van der Waals surface area contributed by atoms with Crippen molar-refractivity contribution in [3.05, 3.63) is 57.8 Å². The molecule has 0 saturated heterocycles. The van der Waals surface area contributed by atoms with Gasteiger partial charge in [-0.05, 0) is 39.7 Å². The molecule has 0 saturated carbocycles. The lowest BCUT2D eigenvalue weighted by molar-refractivity contribution is 1.14. The van der Waals surface area contributed by atoms with Crippen molar-refractivity contribution in [2.24, 2.45) is 0 Å². The molecule has 1 heterocycles. The molecule has 0 aliphatic rings. The van der Waals surface area contributed by atoms with E-state index in [4.69, 9.17) is 11.6 Å². The SMILES string of the molecule is Clc1cccc(CNc2ccncc2Br)c1. The van der Waals surface area contributed by atoms with Gasteiger partial charge in [-0.15, -0.1) is 0 Å². The van der Waals surface area contributed by atoms with Crippen LogP contribution < -0.4 is 5.32 Å². The molecule has 0 aliphatic carbocycles. The molecule has 4 heteroatoms. The van der Waals surface area contributed by atoms with Gasteiger partial charge in [-0.1, -0.05) is 23.7 Å². The Morgan fingerprint density at radius 1 is 1.31 bits per heavy atom. The lowest BCUT2D eigenvalue weighted by Gasteiger charge is -2.08. The molecule has 0 radical (unpaired) electrons. The van der Waals surface area contributed by atoms with Crippen LogP contribution in [0.2, 0.25) is 5.02 Å². The first-order valence-corrected chi connectivity index (χ1v) is 6.00. The lowest BCUT2D eigenvalue weighted by Crippen LogP contribution is -1.99. The van der Waals surface area contributed by atoms with E-state index in [9.17, 15) is 0 Å². The molecule has 2 aromatic rings. The van der Waals surface area contributed by atoms with Gasteiger partial charge in [0.1, 0.15) is 0 Å². The van der Waals surface area contributed by atoms with E-state index in [1.165, 1.54) is 0 Å². The molecule has 1 aromatic carbocycles. The van der Waals surface area contributed by atoms with Gasteiger partial charge in [0.2, 0.25) is 0 Å². The molecule has 1 aromatic heterocycles. The molecular weight excluding hydrogens is 288 g/mol. The highest BCUT2D eigenvalue weighted by Crippen LogP contribution is 2.21. The fourth-order valence-electron chi connectivity index (χ4n) is 1.36. The van der Waals surface area contributed by atoms with Crippen LogP contribution in [0.4, 0.5) is 5.69 Å². The summed E-state index contributed by atoms with van der Waals surface area (Å²) in [5.41, 5.74) is 2.17. The van der Waals surface area contributed by atoms with Gasteiger partial charge >= 0.3 is 0 Å². The summed E-state index contributed by atoms with van der Waals surface area (Å²) in [6, 6.07) is 9.72. The van der Waals surface area contributed by atoms with Crippen molar-refractivity contribution in [2.75, 3.05) is 5.32 Å². The Bertz CT molecular complexity index is 488. The van der Waals surface area contributed by atoms with Gasteiger partial charge in [0.15, 0.2) is 0 Å². The molecule has 1 N–H and O–H groups in total. The first-order valence-electron chi connectivity index (χ1n) is 4.83. The normalized spacial score (nSPS) is 10.1. The van der Waals surface area contributed by atoms with Crippen molar-refractivity contribution in [3.63, 3.8) is 0 Å². The largest absolute Gasteiger partial charge is 0.380 e. The molecule has 0 spiro atoms. The van der Waals surface area contributed by atoms with E-state index in [2.05, 4.69) is 26.2 Å². The van der Waals surface area contributed by atoms with Gasteiger partial charge in [0.05, 0.1) is 10.2 Å². The van der Waals surface area contributed by atoms with Gasteiger partial charge in [-0.25, -0.2) is 0 Å². The van der Waals surface area contributed by atoms with E-state index >= 15 is 0 Å². The van der Waals surface area contributed by atoms with Crippen LogP contribution in [0.25, 0.3) is 0 Å². The summed E-state index contributed by atoms with van der Waals surface area (Å²) in [5, 5.41) is 4.07. The lowest BCUT2D eigenvalue weighted by atomic mass is 10.2. The van der Waals surface area contributed by atoms with Crippen LogP contribution in [0, 0.1) is 0 Å². The zero-order valence-electron chi connectivity index (χ0n) is 8.45. The summed E-state index contributed by atoms with van der Waals surface area (Å²) in [7, 11) is 0. The molecule has 2 rings (SSSR count). The van der Waals surface area contributed by atoms with Gasteiger partial charge in [0, 0.05) is 24.0 Å². The number of hydrogen-bond donors (Lipinski definition) is 1. The van der Waals surface area contributed by atoms with E-state index in [-0.39, 0.29) is 0 Å². The van der Waals surface area contributed by atoms with E-state index in [1.807, 2.05) is 30.3 Å². The topological polar surface area (TPSA) is 24.9 Å². The zero-order valence-corrected chi connectivity index (χ0v) is 10.8. The minimum absolute atomic E-state index is 0.739. The zero-order chi connectivity index (χ0) is 11.4. The van der Waals surface area contributed by atoms with Crippen LogP contribution in [0.1, 0.15) is 5.56 Å². The van der Waals surface area contributed by atoms with Crippen molar-refractivity contribution in [1.29, 1.82) is 0 Å². The minimum atomic E-state index is 0.739. The summed E-state index contributed by atoms with van der Waals surface area (Å²) < 4.78 is 0.956. The molecule has 0 atom stereocenters. The average molecular weight is 298 g/mol. The molecule has 0 fully saturated rings. The number of halogens is 2. The summed E-state index contributed by atoms with van der Waals surface area (Å²) in [6.07, 6.45) is 3.52. The third-order valence-corrected chi connectivity index (χ3v) is 3.01. The number of pyridine rings is 1. The van der Waals surface area contributed by atoms with Crippen molar-refractivity contribution in [3.8, 4) is 0 Å². The van der Waals surface area contributed by atoms with Gasteiger partial charge < -0.3 is 5.32 Å². The average Bonchev–Trinajstić information content (AvgIpc) is 2.28. The van der Waals surface area contributed by atoms with E-state index in [0.717, 1.165) is 27.3 Å². The Labute approximate surface area is 108 Å². The second-order valence-electron chi connectivity index (χ2n) is 3.34. The Balaban J connectivity index is 2.05. The summed E-state index contributed by atoms with van der Waals surface area (Å²) in [4.78, 5) is 4.01. The number of rotatable bonds is 3. The fraction of sp³-hybridized carbons (Fsp3) is 0.0833.